The minimum Gasteiger partial charge on any atom is -0.466 e. The molecule has 1 aliphatic heterocycles. The van der Waals surface area contributed by atoms with Gasteiger partial charge >= 0.3 is 5.97 Å². The van der Waals surface area contributed by atoms with Gasteiger partial charge in [0.1, 0.15) is 0 Å². The molecule has 1 aromatic rings. The minimum absolute atomic E-state index is 0.0101. The highest BCUT2D eigenvalue weighted by Crippen LogP contribution is 2.16. The third kappa shape index (κ3) is 2.91. The summed E-state index contributed by atoms with van der Waals surface area (Å²) >= 11 is 0. The molecular formula is C13H18N2O3. The van der Waals surface area contributed by atoms with Crippen molar-refractivity contribution in [3.8, 4) is 0 Å². The maximum Gasteiger partial charge on any atom is 0.305 e. The highest BCUT2D eigenvalue weighted by molar-refractivity contribution is 5.96. The van der Waals surface area contributed by atoms with Crippen LogP contribution in [0.15, 0.2) is 6.07 Å². The molecule has 1 aromatic heterocycles. The molecule has 0 unspecified atom stereocenters. The molecule has 18 heavy (non-hydrogen) atoms. The standard InChI is InChI=1S/C13H18N2O3/c1-2-18-12(16)5-3-4-9-8-10-11(15-9)6-7-14-13(10)17/h8,15H,2-7H2,1H3,(H,14,17). The zero-order chi connectivity index (χ0) is 13.0. The van der Waals surface area contributed by atoms with Crippen LogP contribution in [0.2, 0.25) is 0 Å². The maximum atomic E-state index is 11.6. The molecule has 0 saturated carbocycles. The van der Waals surface area contributed by atoms with Crippen molar-refractivity contribution in [1.29, 1.82) is 0 Å². The number of esters is 1. The Morgan fingerprint density at radius 1 is 1.50 bits per heavy atom. The lowest BCUT2D eigenvalue weighted by Crippen LogP contribution is -2.31. The molecule has 2 N–H and O–H groups in total. The van der Waals surface area contributed by atoms with Crippen molar-refractivity contribution in [3.05, 3.63) is 23.0 Å². The monoisotopic (exact) mass is 250 g/mol. The Morgan fingerprint density at radius 2 is 2.33 bits per heavy atom. The van der Waals surface area contributed by atoms with Crippen molar-refractivity contribution in [2.45, 2.75) is 32.6 Å². The minimum atomic E-state index is -0.161. The molecule has 0 atom stereocenters. The summed E-state index contributed by atoms with van der Waals surface area (Å²) in [6, 6.07) is 1.88. The number of ether oxygens (including phenoxy) is 1. The molecule has 0 fully saturated rings. The average Bonchev–Trinajstić information content (AvgIpc) is 2.74. The van der Waals surface area contributed by atoms with Crippen LogP contribution in [0.5, 0.6) is 0 Å². The molecule has 98 valence electrons. The first kappa shape index (κ1) is 12.7. The molecule has 0 radical (unpaired) electrons. The molecule has 0 aliphatic carbocycles. The zero-order valence-electron chi connectivity index (χ0n) is 10.5. The van der Waals surface area contributed by atoms with Gasteiger partial charge in [-0.1, -0.05) is 0 Å². The Kier molecular flexibility index (Phi) is 4.02. The highest BCUT2D eigenvalue weighted by Gasteiger charge is 2.19. The van der Waals surface area contributed by atoms with Gasteiger partial charge in [0.15, 0.2) is 0 Å². The Morgan fingerprint density at radius 3 is 3.06 bits per heavy atom. The fourth-order valence-electron chi connectivity index (χ4n) is 2.15. The number of nitrogens with one attached hydrogen (secondary N) is 2. The number of amides is 1. The molecule has 2 heterocycles. The second-order valence-electron chi connectivity index (χ2n) is 4.35. The van der Waals surface area contributed by atoms with Crippen LogP contribution in [0.3, 0.4) is 0 Å². The number of carbonyl (C=O) groups is 2. The first-order valence-electron chi connectivity index (χ1n) is 6.35. The van der Waals surface area contributed by atoms with E-state index in [0.29, 0.717) is 19.6 Å². The van der Waals surface area contributed by atoms with Gasteiger partial charge in [-0.15, -0.1) is 0 Å². The quantitative estimate of drug-likeness (QED) is 0.771. The molecule has 0 bridgehead atoms. The van der Waals surface area contributed by atoms with Crippen molar-refractivity contribution in [3.63, 3.8) is 0 Å². The van der Waals surface area contributed by atoms with Crippen LogP contribution in [0.1, 0.15) is 41.5 Å². The number of hydrogen-bond donors (Lipinski definition) is 2. The highest BCUT2D eigenvalue weighted by atomic mass is 16.5. The summed E-state index contributed by atoms with van der Waals surface area (Å²) in [6.07, 6.45) is 2.77. The predicted octanol–water partition coefficient (Wildman–Crippen LogP) is 1.19. The van der Waals surface area contributed by atoms with E-state index >= 15 is 0 Å². The first-order valence-corrected chi connectivity index (χ1v) is 6.35. The van der Waals surface area contributed by atoms with E-state index in [-0.39, 0.29) is 11.9 Å². The normalized spacial score (nSPS) is 13.9. The van der Waals surface area contributed by atoms with Gasteiger partial charge in [-0.3, -0.25) is 9.59 Å². The number of H-pyrrole nitrogens is 1. The van der Waals surface area contributed by atoms with E-state index in [4.69, 9.17) is 4.74 Å². The van der Waals surface area contributed by atoms with Crippen LogP contribution in [0.4, 0.5) is 0 Å². The van der Waals surface area contributed by atoms with Crippen molar-refractivity contribution in [2.75, 3.05) is 13.2 Å². The molecule has 0 spiro atoms. The third-order valence-corrected chi connectivity index (χ3v) is 2.99. The van der Waals surface area contributed by atoms with Crippen LogP contribution in [-0.4, -0.2) is 30.0 Å². The SMILES string of the molecule is CCOC(=O)CCCc1cc2c([nH]1)CCNC2=O. The lowest BCUT2D eigenvalue weighted by Gasteiger charge is -2.11. The van der Waals surface area contributed by atoms with Crippen molar-refractivity contribution in [2.24, 2.45) is 0 Å². The molecular weight excluding hydrogens is 232 g/mol. The van der Waals surface area contributed by atoms with E-state index in [1.807, 2.05) is 6.07 Å². The summed E-state index contributed by atoms with van der Waals surface area (Å²) < 4.78 is 4.86. The first-order chi connectivity index (χ1) is 8.70. The largest absolute Gasteiger partial charge is 0.466 e. The topological polar surface area (TPSA) is 71.2 Å². The lowest BCUT2D eigenvalue weighted by atomic mass is 10.1. The molecule has 5 heteroatoms. The number of aryl methyl sites for hydroxylation is 1. The fraction of sp³-hybridized carbons (Fsp3) is 0.538. The molecule has 0 saturated heterocycles. The number of hydrogen-bond acceptors (Lipinski definition) is 3. The molecule has 2 rings (SSSR count). The van der Waals surface area contributed by atoms with Gasteiger partial charge in [-0.2, -0.15) is 0 Å². The molecule has 1 aliphatic rings. The number of carbonyl (C=O) groups excluding carboxylic acids is 2. The summed E-state index contributed by atoms with van der Waals surface area (Å²) in [5, 5.41) is 2.81. The summed E-state index contributed by atoms with van der Waals surface area (Å²) in [4.78, 5) is 26.0. The Bertz CT molecular complexity index is 451. The summed E-state index contributed by atoms with van der Waals surface area (Å²) in [7, 11) is 0. The second kappa shape index (κ2) is 5.71. The number of aromatic nitrogens is 1. The predicted molar refractivity (Wildman–Crippen MR) is 66.4 cm³/mol. The zero-order valence-corrected chi connectivity index (χ0v) is 10.5. The van der Waals surface area contributed by atoms with E-state index in [9.17, 15) is 9.59 Å². The van der Waals surface area contributed by atoms with Gasteiger partial charge < -0.3 is 15.0 Å². The van der Waals surface area contributed by atoms with E-state index in [0.717, 1.165) is 36.2 Å². The van der Waals surface area contributed by atoms with Crippen LogP contribution < -0.4 is 5.32 Å². The van der Waals surface area contributed by atoms with E-state index in [1.165, 1.54) is 0 Å². The summed E-state index contributed by atoms with van der Waals surface area (Å²) in [6.45, 7) is 2.92. The van der Waals surface area contributed by atoms with Crippen molar-refractivity contribution < 1.29 is 14.3 Å². The van der Waals surface area contributed by atoms with Crippen LogP contribution >= 0.6 is 0 Å². The van der Waals surface area contributed by atoms with Crippen molar-refractivity contribution in [1.82, 2.24) is 10.3 Å². The number of aromatic amines is 1. The van der Waals surface area contributed by atoms with Gasteiger partial charge in [-0.05, 0) is 25.8 Å². The molecule has 1 amide bonds. The van der Waals surface area contributed by atoms with Crippen LogP contribution in [0.25, 0.3) is 0 Å². The van der Waals surface area contributed by atoms with Gasteiger partial charge in [-0.25, -0.2) is 0 Å². The fourth-order valence-corrected chi connectivity index (χ4v) is 2.15. The molecule has 5 nitrogen and oxygen atoms in total. The van der Waals surface area contributed by atoms with Gasteiger partial charge in [0.05, 0.1) is 12.2 Å². The smallest absolute Gasteiger partial charge is 0.305 e. The van der Waals surface area contributed by atoms with Crippen molar-refractivity contribution >= 4 is 11.9 Å². The Balaban J connectivity index is 1.87. The van der Waals surface area contributed by atoms with Gasteiger partial charge in [0.25, 0.3) is 5.91 Å². The third-order valence-electron chi connectivity index (χ3n) is 2.99. The van der Waals surface area contributed by atoms with E-state index in [1.54, 1.807) is 6.92 Å². The summed E-state index contributed by atoms with van der Waals surface area (Å²) in [5.74, 6) is -0.171. The van der Waals surface area contributed by atoms with Gasteiger partial charge in [0, 0.05) is 30.8 Å². The second-order valence-corrected chi connectivity index (χ2v) is 4.35. The lowest BCUT2D eigenvalue weighted by molar-refractivity contribution is -0.143. The summed E-state index contributed by atoms with van der Waals surface area (Å²) in [5.41, 5.74) is 2.76. The van der Waals surface area contributed by atoms with Crippen LogP contribution in [0, 0.1) is 0 Å². The van der Waals surface area contributed by atoms with E-state index in [2.05, 4.69) is 10.3 Å². The van der Waals surface area contributed by atoms with E-state index < -0.39 is 0 Å². The Labute approximate surface area is 106 Å². The number of rotatable bonds is 5. The Hall–Kier alpha value is -1.78. The number of fused-ring (bicyclic) bond motifs is 1. The van der Waals surface area contributed by atoms with Crippen LogP contribution in [-0.2, 0) is 22.4 Å². The molecule has 0 aromatic carbocycles. The van der Waals surface area contributed by atoms with Gasteiger partial charge in [0.2, 0.25) is 0 Å². The average molecular weight is 250 g/mol. The maximum absolute atomic E-state index is 11.6.